The number of aryl methyl sites for hydroxylation is 1. The maximum atomic E-state index is 4.63. The second-order valence-electron chi connectivity index (χ2n) is 5.20. The highest BCUT2D eigenvalue weighted by atomic mass is 15.2. The molecule has 2 aromatic heterocycles. The van der Waals surface area contributed by atoms with Gasteiger partial charge in [-0.15, -0.1) is 0 Å². The maximum absolute atomic E-state index is 4.63. The van der Waals surface area contributed by atoms with Crippen LogP contribution in [0, 0.1) is 0 Å². The lowest BCUT2D eigenvalue weighted by atomic mass is 10.1. The minimum absolute atomic E-state index is 0.151. The molecule has 0 amide bonds. The monoisotopic (exact) mass is 269 g/mol. The minimum Gasteiger partial charge on any atom is -0.341 e. The summed E-state index contributed by atoms with van der Waals surface area (Å²) < 4.78 is 1.82. The van der Waals surface area contributed by atoms with Gasteiger partial charge in [-0.3, -0.25) is 4.68 Å². The highest BCUT2D eigenvalue weighted by Crippen LogP contribution is 2.19. The first-order chi connectivity index (χ1) is 9.63. The standard InChI is InChI=1S/C15H19N5/c1-10(12-8-16-20(3)9-12)17-11(2)15-18-13-6-4-5-7-14(13)19-15/h4-11,17H,1-3H3,(H,18,19). The third-order valence-corrected chi connectivity index (χ3v) is 3.54. The summed E-state index contributed by atoms with van der Waals surface area (Å²) in [6.45, 7) is 4.25. The lowest BCUT2D eigenvalue weighted by Gasteiger charge is -2.17. The van der Waals surface area contributed by atoms with Crippen LogP contribution in [0.5, 0.6) is 0 Å². The summed E-state index contributed by atoms with van der Waals surface area (Å²) in [5.74, 6) is 0.960. The van der Waals surface area contributed by atoms with E-state index in [1.165, 1.54) is 5.56 Å². The van der Waals surface area contributed by atoms with Crippen LogP contribution < -0.4 is 5.32 Å². The molecular formula is C15H19N5. The van der Waals surface area contributed by atoms with Crippen molar-refractivity contribution < 1.29 is 0 Å². The van der Waals surface area contributed by atoms with Crippen LogP contribution in [-0.4, -0.2) is 19.7 Å². The molecule has 2 atom stereocenters. The lowest BCUT2D eigenvalue weighted by molar-refractivity contribution is 0.480. The average Bonchev–Trinajstić information content (AvgIpc) is 3.04. The molecule has 0 spiro atoms. The fraction of sp³-hybridized carbons (Fsp3) is 0.333. The molecule has 5 nitrogen and oxygen atoms in total. The second kappa shape index (κ2) is 5.09. The molecule has 3 rings (SSSR count). The quantitative estimate of drug-likeness (QED) is 0.765. The normalized spacial score (nSPS) is 14.6. The van der Waals surface area contributed by atoms with E-state index in [1.54, 1.807) is 0 Å². The molecule has 0 aliphatic carbocycles. The number of hydrogen-bond donors (Lipinski definition) is 2. The summed E-state index contributed by atoms with van der Waals surface area (Å²) in [6, 6.07) is 8.46. The summed E-state index contributed by atoms with van der Waals surface area (Å²) >= 11 is 0. The fourth-order valence-corrected chi connectivity index (χ4v) is 2.39. The summed E-state index contributed by atoms with van der Waals surface area (Å²) in [5.41, 5.74) is 3.26. The smallest absolute Gasteiger partial charge is 0.124 e. The first kappa shape index (κ1) is 12.9. The van der Waals surface area contributed by atoms with E-state index in [-0.39, 0.29) is 12.1 Å². The lowest BCUT2D eigenvalue weighted by Crippen LogP contribution is -2.23. The van der Waals surface area contributed by atoms with Gasteiger partial charge in [-0.25, -0.2) is 4.98 Å². The number of aromatic nitrogens is 4. The van der Waals surface area contributed by atoms with Gasteiger partial charge in [-0.1, -0.05) is 12.1 Å². The van der Waals surface area contributed by atoms with Crippen LogP contribution in [0.25, 0.3) is 11.0 Å². The van der Waals surface area contributed by atoms with Crippen LogP contribution in [0.2, 0.25) is 0 Å². The Morgan fingerprint density at radius 3 is 2.70 bits per heavy atom. The van der Waals surface area contributed by atoms with Gasteiger partial charge in [0.15, 0.2) is 0 Å². The molecule has 0 fully saturated rings. The predicted octanol–water partition coefficient (Wildman–Crippen LogP) is 2.71. The average molecular weight is 269 g/mol. The van der Waals surface area contributed by atoms with E-state index in [2.05, 4.69) is 34.2 Å². The van der Waals surface area contributed by atoms with Crippen molar-refractivity contribution in [2.75, 3.05) is 0 Å². The first-order valence-electron chi connectivity index (χ1n) is 6.82. The molecule has 1 aromatic carbocycles. The number of H-pyrrole nitrogens is 1. The third-order valence-electron chi connectivity index (χ3n) is 3.54. The van der Waals surface area contributed by atoms with E-state index >= 15 is 0 Å². The van der Waals surface area contributed by atoms with Crippen LogP contribution >= 0.6 is 0 Å². The van der Waals surface area contributed by atoms with E-state index in [0.29, 0.717) is 0 Å². The molecule has 3 aromatic rings. The van der Waals surface area contributed by atoms with Crippen molar-refractivity contribution in [1.82, 2.24) is 25.1 Å². The topological polar surface area (TPSA) is 58.5 Å². The molecule has 0 bridgehead atoms. The van der Waals surface area contributed by atoms with Crippen molar-refractivity contribution in [2.24, 2.45) is 7.05 Å². The Morgan fingerprint density at radius 2 is 2.00 bits per heavy atom. The zero-order valence-corrected chi connectivity index (χ0v) is 12.0. The van der Waals surface area contributed by atoms with Gasteiger partial charge in [0.1, 0.15) is 5.82 Å². The van der Waals surface area contributed by atoms with Gasteiger partial charge in [-0.05, 0) is 26.0 Å². The molecule has 0 saturated heterocycles. The number of fused-ring (bicyclic) bond motifs is 1. The summed E-state index contributed by atoms with van der Waals surface area (Å²) in [5, 5.41) is 7.75. The Balaban J connectivity index is 1.76. The minimum atomic E-state index is 0.151. The highest BCUT2D eigenvalue weighted by Gasteiger charge is 2.15. The van der Waals surface area contributed by atoms with Crippen molar-refractivity contribution in [2.45, 2.75) is 25.9 Å². The van der Waals surface area contributed by atoms with Gasteiger partial charge in [0.25, 0.3) is 0 Å². The van der Waals surface area contributed by atoms with E-state index in [4.69, 9.17) is 0 Å². The van der Waals surface area contributed by atoms with Gasteiger partial charge in [0, 0.05) is 24.8 Å². The Kier molecular flexibility index (Phi) is 3.28. The number of nitrogens with zero attached hydrogens (tertiary/aromatic N) is 3. The predicted molar refractivity (Wildman–Crippen MR) is 79.3 cm³/mol. The van der Waals surface area contributed by atoms with Crippen LogP contribution in [-0.2, 0) is 7.05 Å². The molecular weight excluding hydrogens is 250 g/mol. The molecule has 2 N–H and O–H groups in total. The number of para-hydroxylation sites is 2. The van der Waals surface area contributed by atoms with Gasteiger partial charge in [-0.2, -0.15) is 5.10 Å². The third kappa shape index (κ3) is 2.44. The number of aromatic amines is 1. The summed E-state index contributed by atoms with van der Waals surface area (Å²) in [6.07, 6.45) is 3.92. The number of imidazole rings is 1. The fourth-order valence-electron chi connectivity index (χ4n) is 2.39. The van der Waals surface area contributed by atoms with Crippen molar-refractivity contribution in [3.63, 3.8) is 0 Å². The number of benzene rings is 1. The maximum Gasteiger partial charge on any atom is 0.124 e. The van der Waals surface area contributed by atoms with Crippen molar-refractivity contribution in [3.05, 3.63) is 48.0 Å². The Labute approximate surface area is 118 Å². The number of rotatable bonds is 4. The van der Waals surface area contributed by atoms with Crippen molar-refractivity contribution in [3.8, 4) is 0 Å². The van der Waals surface area contributed by atoms with E-state index < -0.39 is 0 Å². The number of hydrogen-bond acceptors (Lipinski definition) is 3. The van der Waals surface area contributed by atoms with Crippen LogP contribution in [0.4, 0.5) is 0 Å². The van der Waals surface area contributed by atoms with Gasteiger partial charge in [0.05, 0.1) is 23.3 Å². The van der Waals surface area contributed by atoms with Crippen LogP contribution in [0.1, 0.15) is 37.3 Å². The largest absolute Gasteiger partial charge is 0.341 e. The first-order valence-corrected chi connectivity index (χ1v) is 6.82. The van der Waals surface area contributed by atoms with Gasteiger partial charge < -0.3 is 10.3 Å². The molecule has 0 aliphatic rings. The van der Waals surface area contributed by atoms with Crippen LogP contribution in [0.15, 0.2) is 36.7 Å². The molecule has 0 saturated carbocycles. The van der Waals surface area contributed by atoms with Crippen LogP contribution in [0.3, 0.4) is 0 Å². The molecule has 0 aliphatic heterocycles. The Hall–Kier alpha value is -2.14. The van der Waals surface area contributed by atoms with E-state index in [9.17, 15) is 0 Å². The zero-order chi connectivity index (χ0) is 14.1. The summed E-state index contributed by atoms with van der Waals surface area (Å²) in [4.78, 5) is 7.99. The van der Waals surface area contributed by atoms with Gasteiger partial charge in [0.2, 0.25) is 0 Å². The number of nitrogens with one attached hydrogen (secondary N) is 2. The highest BCUT2D eigenvalue weighted by molar-refractivity contribution is 5.74. The van der Waals surface area contributed by atoms with Crippen molar-refractivity contribution in [1.29, 1.82) is 0 Å². The van der Waals surface area contributed by atoms with E-state index in [0.717, 1.165) is 16.9 Å². The second-order valence-corrected chi connectivity index (χ2v) is 5.20. The molecule has 2 unspecified atom stereocenters. The Bertz CT molecular complexity index is 679. The zero-order valence-electron chi connectivity index (χ0n) is 12.0. The molecule has 2 heterocycles. The molecule has 20 heavy (non-hydrogen) atoms. The van der Waals surface area contributed by atoms with Crippen molar-refractivity contribution >= 4 is 11.0 Å². The van der Waals surface area contributed by atoms with Gasteiger partial charge >= 0.3 is 0 Å². The SMILES string of the molecule is CC(NC(C)c1nc2ccccc2[nH]1)c1cnn(C)c1. The summed E-state index contributed by atoms with van der Waals surface area (Å²) in [7, 11) is 1.93. The molecule has 5 heteroatoms. The van der Waals surface area contributed by atoms with E-state index in [1.807, 2.05) is 48.4 Å². The molecule has 0 radical (unpaired) electrons. The molecule has 104 valence electrons. The Morgan fingerprint density at radius 1 is 1.20 bits per heavy atom.